The molecule has 2 aromatic carbocycles. The van der Waals surface area contributed by atoms with E-state index in [1.807, 2.05) is 0 Å². The van der Waals surface area contributed by atoms with Crippen molar-refractivity contribution in [2.75, 3.05) is 10.7 Å². The maximum atomic E-state index is 13.5. The van der Waals surface area contributed by atoms with Crippen LogP contribution in [0.4, 0.5) is 16.0 Å². The Bertz CT molecular complexity index is 1190. The number of aromatic nitrogens is 2. The highest BCUT2D eigenvalue weighted by atomic mass is 19.1. The van der Waals surface area contributed by atoms with E-state index in [2.05, 4.69) is 21.2 Å². The normalized spacial score (nSPS) is 15.5. The van der Waals surface area contributed by atoms with Crippen LogP contribution < -0.4 is 21.7 Å². The number of nitrogens with one attached hydrogen (secondary N) is 3. The van der Waals surface area contributed by atoms with Crippen molar-refractivity contribution >= 4 is 34.4 Å². The van der Waals surface area contributed by atoms with E-state index < -0.39 is 17.6 Å². The Kier molecular flexibility index (Phi) is 4.71. The van der Waals surface area contributed by atoms with Crippen LogP contribution in [0.2, 0.25) is 0 Å². The molecule has 3 aromatic rings. The minimum absolute atomic E-state index is 0.0715. The molecule has 0 saturated carbocycles. The predicted octanol–water partition coefficient (Wildman–Crippen LogP) is 2.12. The Morgan fingerprint density at radius 3 is 2.86 bits per heavy atom. The highest BCUT2D eigenvalue weighted by Gasteiger charge is 2.31. The summed E-state index contributed by atoms with van der Waals surface area (Å²) in [5.41, 5.74) is 6.28. The fourth-order valence-corrected chi connectivity index (χ4v) is 3.43. The number of benzene rings is 2. The number of hydrogen-bond acceptors (Lipinski definition) is 5. The first kappa shape index (κ1) is 18.6. The lowest BCUT2D eigenvalue weighted by Gasteiger charge is -2.25. The van der Waals surface area contributed by atoms with Gasteiger partial charge in [0.15, 0.2) is 0 Å². The van der Waals surface area contributed by atoms with Gasteiger partial charge in [-0.1, -0.05) is 18.2 Å². The van der Waals surface area contributed by atoms with Gasteiger partial charge in [0, 0.05) is 18.7 Å². The summed E-state index contributed by atoms with van der Waals surface area (Å²) in [7, 11) is 0. The molecule has 1 atom stereocenters. The standard InChI is InChI=1S/C20H18FN5O3/c1-2-26-19(29)13-5-3-4-6-15(13)23-20(26)25-24-18(28)14-10-17(27)22-16-9-11(21)7-8-12(14)16/h3-9,14H,2,10H2,1H3,(H,22,27)(H,23,25)(H,24,28)/t14-/m1/s1. The van der Waals surface area contributed by atoms with E-state index in [4.69, 9.17) is 0 Å². The quantitative estimate of drug-likeness (QED) is 0.587. The summed E-state index contributed by atoms with van der Waals surface area (Å²) in [5, 5.41) is 3.05. The van der Waals surface area contributed by atoms with Crippen LogP contribution in [0.3, 0.4) is 0 Å². The summed E-state index contributed by atoms with van der Waals surface area (Å²) in [6.07, 6.45) is -0.0715. The lowest BCUT2D eigenvalue weighted by atomic mass is 9.90. The van der Waals surface area contributed by atoms with Gasteiger partial charge in [0.1, 0.15) is 5.82 Å². The Balaban J connectivity index is 1.61. The topological polar surface area (TPSA) is 105 Å². The number of fused-ring (bicyclic) bond motifs is 2. The fraction of sp³-hybridized carbons (Fsp3) is 0.200. The van der Waals surface area contributed by atoms with E-state index in [0.29, 0.717) is 23.0 Å². The van der Waals surface area contributed by atoms with Crippen molar-refractivity contribution in [1.82, 2.24) is 15.0 Å². The second-order valence-corrected chi connectivity index (χ2v) is 6.65. The van der Waals surface area contributed by atoms with Gasteiger partial charge in [-0.3, -0.25) is 29.8 Å². The predicted molar refractivity (Wildman–Crippen MR) is 106 cm³/mol. The molecule has 0 fully saturated rings. The molecule has 0 radical (unpaired) electrons. The van der Waals surface area contributed by atoms with E-state index in [-0.39, 0.29) is 29.5 Å². The molecule has 4 rings (SSSR count). The van der Waals surface area contributed by atoms with Gasteiger partial charge in [0.2, 0.25) is 17.8 Å². The molecule has 3 N–H and O–H groups in total. The Hall–Kier alpha value is -3.75. The molecule has 148 valence electrons. The van der Waals surface area contributed by atoms with Crippen LogP contribution >= 0.6 is 0 Å². The van der Waals surface area contributed by atoms with Crippen LogP contribution in [-0.4, -0.2) is 21.4 Å². The number of hydrazine groups is 1. The zero-order valence-electron chi connectivity index (χ0n) is 15.5. The van der Waals surface area contributed by atoms with Crippen molar-refractivity contribution < 1.29 is 14.0 Å². The monoisotopic (exact) mass is 395 g/mol. The van der Waals surface area contributed by atoms with E-state index >= 15 is 0 Å². The van der Waals surface area contributed by atoms with Crippen LogP contribution in [0.5, 0.6) is 0 Å². The maximum absolute atomic E-state index is 13.5. The first-order valence-electron chi connectivity index (χ1n) is 9.12. The molecule has 9 heteroatoms. The Morgan fingerprint density at radius 1 is 1.28 bits per heavy atom. The average molecular weight is 395 g/mol. The molecule has 2 amide bonds. The van der Waals surface area contributed by atoms with Crippen molar-refractivity contribution in [3.05, 3.63) is 64.2 Å². The number of halogens is 1. The number of rotatable bonds is 4. The first-order chi connectivity index (χ1) is 14.0. The molecular weight excluding hydrogens is 377 g/mol. The molecule has 0 bridgehead atoms. The second-order valence-electron chi connectivity index (χ2n) is 6.65. The van der Waals surface area contributed by atoms with Crippen LogP contribution in [0.1, 0.15) is 24.8 Å². The SMILES string of the molecule is CCn1c(NNC(=O)[C@@H]2CC(=O)Nc3cc(F)ccc32)nc2ccccc2c1=O. The highest BCUT2D eigenvalue weighted by Crippen LogP contribution is 2.32. The van der Waals surface area contributed by atoms with Gasteiger partial charge >= 0.3 is 0 Å². The summed E-state index contributed by atoms with van der Waals surface area (Å²) < 4.78 is 14.9. The number of amides is 2. The summed E-state index contributed by atoms with van der Waals surface area (Å²) in [6.45, 7) is 2.14. The zero-order valence-corrected chi connectivity index (χ0v) is 15.5. The van der Waals surface area contributed by atoms with Gasteiger partial charge in [-0.15, -0.1) is 0 Å². The fourth-order valence-electron chi connectivity index (χ4n) is 3.43. The molecule has 1 aromatic heterocycles. The molecule has 8 nitrogen and oxygen atoms in total. The molecule has 2 heterocycles. The van der Waals surface area contributed by atoms with Crippen molar-refractivity contribution in [2.24, 2.45) is 0 Å². The third kappa shape index (κ3) is 3.42. The number of para-hydroxylation sites is 1. The van der Waals surface area contributed by atoms with Crippen LogP contribution in [0.25, 0.3) is 10.9 Å². The van der Waals surface area contributed by atoms with E-state index in [1.165, 1.54) is 22.8 Å². The summed E-state index contributed by atoms with van der Waals surface area (Å²) in [5.74, 6) is -1.98. The van der Waals surface area contributed by atoms with Gasteiger partial charge in [-0.2, -0.15) is 0 Å². The maximum Gasteiger partial charge on any atom is 0.262 e. The molecule has 1 aliphatic heterocycles. The van der Waals surface area contributed by atoms with Gasteiger partial charge in [-0.25, -0.2) is 9.37 Å². The van der Waals surface area contributed by atoms with Crippen LogP contribution in [0, 0.1) is 5.82 Å². The molecule has 0 aliphatic carbocycles. The Morgan fingerprint density at radius 2 is 2.07 bits per heavy atom. The van der Waals surface area contributed by atoms with Crippen molar-refractivity contribution in [1.29, 1.82) is 0 Å². The molecular formula is C20H18FN5O3. The van der Waals surface area contributed by atoms with E-state index in [9.17, 15) is 18.8 Å². The second kappa shape index (κ2) is 7.34. The molecule has 0 unspecified atom stereocenters. The molecule has 0 saturated heterocycles. The molecule has 0 spiro atoms. The Labute approximate surface area is 164 Å². The van der Waals surface area contributed by atoms with Crippen molar-refractivity contribution in [3.63, 3.8) is 0 Å². The summed E-state index contributed by atoms with van der Waals surface area (Å²) in [6, 6.07) is 10.8. The number of anilines is 2. The van der Waals surface area contributed by atoms with Gasteiger partial charge in [0.05, 0.1) is 16.8 Å². The lowest BCUT2D eigenvalue weighted by Crippen LogP contribution is -2.39. The first-order valence-corrected chi connectivity index (χ1v) is 9.12. The van der Waals surface area contributed by atoms with Gasteiger partial charge in [0.25, 0.3) is 5.56 Å². The largest absolute Gasteiger partial charge is 0.326 e. The highest BCUT2D eigenvalue weighted by molar-refractivity contribution is 6.01. The third-order valence-corrected chi connectivity index (χ3v) is 4.85. The number of carbonyl (C=O) groups is 2. The van der Waals surface area contributed by atoms with E-state index in [0.717, 1.165) is 0 Å². The number of carbonyl (C=O) groups excluding carboxylic acids is 2. The third-order valence-electron chi connectivity index (χ3n) is 4.85. The number of nitrogens with zero attached hydrogens (tertiary/aromatic N) is 2. The smallest absolute Gasteiger partial charge is 0.262 e. The van der Waals surface area contributed by atoms with Crippen molar-refractivity contribution in [3.8, 4) is 0 Å². The van der Waals surface area contributed by atoms with Crippen LogP contribution in [-0.2, 0) is 16.1 Å². The van der Waals surface area contributed by atoms with Gasteiger partial charge in [-0.05, 0) is 36.8 Å². The average Bonchev–Trinajstić information content (AvgIpc) is 2.71. The minimum atomic E-state index is -0.797. The van der Waals surface area contributed by atoms with E-state index in [1.54, 1.807) is 31.2 Å². The minimum Gasteiger partial charge on any atom is -0.326 e. The van der Waals surface area contributed by atoms with Gasteiger partial charge < -0.3 is 5.32 Å². The molecule has 1 aliphatic rings. The lowest BCUT2D eigenvalue weighted by molar-refractivity contribution is -0.126. The zero-order chi connectivity index (χ0) is 20.5. The summed E-state index contributed by atoms with van der Waals surface area (Å²) in [4.78, 5) is 41.7. The summed E-state index contributed by atoms with van der Waals surface area (Å²) >= 11 is 0. The number of hydrogen-bond donors (Lipinski definition) is 3. The molecule has 29 heavy (non-hydrogen) atoms. The van der Waals surface area contributed by atoms with Crippen molar-refractivity contribution in [2.45, 2.75) is 25.8 Å². The van der Waals surface area contributed by atoms with Crippen LogP contribution in [0.15, 0.2) is 47.3 Å².